The quantitative estimate of drug-likeness (QED) is 0.460. The van der Waals surface area contributed by atoms with Crippen molar-refractivity contribution >= 4 is 5.91 Å². The molecule has 0 bridgehead atoms. The van der Waals surface area contributed by atoms with Crippen LogP contribution in [0.1, 0.15) is 23.0 Å². The van der Waals surface area contributed by atoms with Gasteiger partial charge in [0.2, 0.25) is 0 Å². The predicted octanol–water partition coefficient (Wildman–Crippen LogP) is 3.67. The van der Waals surface area contributed by atoms with Gasteiger partial charge in [0.1, 0.15) is 17.2 Å². The highest BCUT2D eigenvalue weighted by atomic mass is 16.5. The standard InChI is InChI=1S/C24H23N5O3/c1-3-32-20-9-7-17(8-10-20)16-26-24(30)22-23(18-11-13-25-14-12-18)29(28-27-22)19-5-4-6-21(15-19)31-2/h4-15H,3,16H2,1-2H3,(H,26,30). The van der Waals surface area contributed by atoms with Gasteiger partial charge in [-0.25, -0.2) is 4.68 Å². The number of carbonyl (C=O) groups is 1. The molecule has 0 aliphatic heterocycles. The van der Waals surface area contributed by atoms with Crippen LogP contribution >= 0.6 is 0 Å². The first-order valence-electron chi connectivity index (χ1n) is 10.2. The molecule has 32 heavy (non-hydrogen) atoms. The average molecular weight is 429 g/mol. The first-order chi connectivity index (χ1) is 15.7. The Bertz CT molecular complexity index is 1190. The molecule has 0 spiro atoms. The van der Waals surface area contributed by atoms with Crippen molar-refractivity contribution in [3.8, 4) is 28.4 Å². The van der Waals surface area contributed by atoms with Crippen molar-refractivity contribution in [2.45, 2.75) is 13.5 Å². The lowest BCUT2D eigenvalue weighted by Gasteiger charge is -2.10. The topological polar surface area (TPSA) is 91.2 Å². The van der Waals surface area contributed by atoms with Crippen molar-refractivity contribution in [3.63, 3.8) is 0 Å². The van der Waals surface area contributed by atoms with Gasteiger partial charge in [-0.2, -0.15) is 0 Å². The molecule has 0 radical (unpaired) electrons. The Hall–Kier alpha value is -4.20. The number of amides is 1. The average Bonchev–Trinajstić information content (AvgIpc) is 3.29. The molecule has 1 amide bonds. The van der Waals surface area contributed by atoms with Gasteiger partial charge in [0.25, 0.3) is 5.91 Å². The van der Waals surface area contributed by atoms with E-state index in [1.165, 1.54) is 0 Å². The molecule has 1 N–H and O–H groups in total. The Morgan fingerprint density at radius 3 is 2.53 bits per heavy atom. The summed E-state index contributed by atoms with van der Waals surface area (Å²) in [5.74, 6) is 1.16. The van der Waals surface area contributed by atoms with E-state index in [1.54, 1.807) is 24.2 Å². The molecule has 4 rings (SSSR count). The fourth-order valence-corrected chi connectivity index (χ4v) is 3.26. The van der Waals surface area contributed by atoms with Crippen LogP contribution in [0, 0.1) is 0 Å². The number of aromatic nitrogens is 4. The molecule has 0 saturated carbocycles. The summed E-state index contributed by atoms with van der Waals surface area (Å²) in [5.41, 5.74) is 3.26. The van der Waals surface area contributed by atoms with Crippen LogP contribution in [-0.2, 0) is 6.54 Å². The Balaban J connectivity index is 1.63. The summed E-state index contributed by atoms with van der Waals surface area (Å²) >= 11 is 0. The normalized spacial score (nSPS) is 10.6. The molecule has 0 fully saturated rings. The lowest BCUT2D eigenvalue weighted by atomic mass is 10.1. The third kappa shape index (κ3) is 4.59. The smallest absolute Gasteiger partial charge is 0.274 e. The van der Waals surface area contributed by atoms with E-state index in [9.17, 15) is 4.79 Å². The van der Waals surface area contributed by atoms with Crippen LogP contribution in [0.2, 0.25) is 0 Å². The molecule has 0 atom stereocenters. The van der Waals surface area contributed by atoms with Gasteiger partial charge in [0.05, 0.1) is 19.4 Å². The van der Waals surface area contributed by atoms with Crippen molar-refractivity contribution < 1.29 is 14.3 Å². The second kappa shape index (κ2) is 9.74. The van der Waals surface area contributed by atoms with Crippen LogP contribution < -0.4 is 14.8 Å². The third-order valence-electron chi connectivity index (χ3n) is 4.82. The summed E-state index contributed by atoms with van der Waals surface area (Å²) < 4.78 is 12.4. The van der Waals surface area contributed by atoms with Gasteiger partial charge in [-0.3, -0.25) is 9.78 Å². The molecule has 2 heterocycles. The maximum Gasteiger partial charge on any atom is 0.274 e. The van der Waals surface area contributed by atoms with Crippen molar-refractivity contribution in [1.82, 2.24) is 25.3 Å². The summed E-state index contributed by atoms with van der Waals surface area (Å²) in [4.78, 5) is 17.1. The molecule has 0 aliphatic rings. The zero-order valence-corrected chi connectivity index (χ0v) is 17.9. The lowest BCUT2D eigenvalue weighted by Crippen LogP contribution is -2.24. The second-order valence-electron chi connectivity index (χ2n) is 6.90. The summed E-state index contributed by atoms with van der Waals surface area (Å²) in [6.07, 6.45) is 3.33. The van der Waals surface area contributed by atoms with E-state index >= 15 is 0 Å². The molecule has 162 valence electrons. The molecule has 0 unspecified atom stereocenters. The van der Waals surface area contributed by atoms with Crippen LogP contribution in [-0.4, -0.2) is 39.6 Å². The molecule has 4 aromatic rings. The molecule has 2 aromatic carbocycles. The van der Waals surface area contributed by atoms with E-state index in [0.29, 0.717) is 24.6 Å². The van der Waals surface area contributed by atoms with Crippen LogP contribution in [0.3, 0.4) is 0 Å². The lowest BCUT2D eigenvalue weighted by molar-refractivity contribution is 0.0946. The minimum Gasteiger partial charge on any atom is -0.497 e. The van der Waals surface area contributed by atoms with Crippen LogP contribution in [0.5, 0.6) is 11.5 Å². The minimum absolute atomic E-state index is 0.227. The zero-order chi connectivity index (χ0) is 22.3. The molecular weight excluding hydrogens is 406 g/mol. The highest BCUT2D eigenvalue weighted by Gasteiger charge is 2.22. The summed E-state index contributed by atoms with van der Waals surface area (Å²) in [5, 5.41) is 11.4. The summed E-state index contributed by atoms with van der Waals surface area (Å²) in [6, 6.07) is 18.7. The molecular formula is C24H23N5O3. The van der Waals surface area contributed by atoms with Gasteiger partial charge in [0, 0.05) is 30.6 Å². The zero-order valence-electron chi connectivity index (χ0n) is 17.9. The largest absolute Gasteiger partial charge is 0.497 e. The number of ether oxygens (including phenoxy) is 2. The molecule has 0 saturated heterocycles. The second-order valence-corrected chi connectivity index (χ2v) is 6.90. The van der Waals surface area contributed by atoms with Gasteiger partial charge in [-0.15, -0.1) is 5.10 Å². The number of methoxy groups -OCH3 is 1. The first-order valence-corrected chi connectivity index (χ1v) is 10.2. The van der Waals surface area contributed by atoms with Crippen LogP contribution in [0.15, 0.2) is 73.1 Å². The van der Waals surface area contributed by atoms with E-state index < -0.39 is 0 Å². The SMILES string of the molecule is CCOc1ccc(CNC(=O)c2nnn(-c3cccc(OC)c3)c2-c2ccncc2)cc1. The maximum absolute atomic E-state index is 13.1. The predicted molar refractivity (Wildman–Crippen MR) is 120 cm³/mol. The number of nitrogens with one attached hydrogen (secondary N) is 1. The van der Waals surface area contributed by atoms with Gasteiger partial charge in [0.15, 0.2) is 5.69 Å². The van der Waals surface area contributed by atoms with E-state index in [0.717, 1.165) is 22.6 Å². The first kappa shape index (κ1) is 21.0. The Labute approximate surface area is 185 Å². The number of benzene rings is 2. The number of carbonyl (C=O) groups excluding carboxylic acids is 1. The highest BCUT2D eigenvalue weighted by molar-refractivity contribution is 5.98. The number of rotatable bonds is 8. The number of nitrogens with zero attached hydrogens (tertiary/aromatic N) is 4. The molecule has 8 nitrogen and oxygen atoms in total. The van der Waals surface area contributed by atoms with E-state index in [-0.39, 0.29) is 11.6 Å². The van der Waals surface area contributed by atoms with Crippen molar-refractivity contribution in [2.75, 3.05) is 13.7 Å². The van der Waals surface area contributed by atoms with Gasteiger partial charge in [-0.05, 0) is 48.9 Å². The van der Waals surface area contributed by atoms with Crippen LogP contribution in [0.4, 0.5) is 0 Å². The minimum atomic E-state index is -0.320. The number of hydrogen-bond donors (Lipinski definition) is 1. The highest BCUT2D eigenvalue weighted by Crippen LogP contribution is 2.26. The number of hydrogen-bond acceptors (Lipinski definition) is 6. The Morgan fingerprint density at radius 2 is 1.81 bits per heavy atom. The Kier molecular flexibility index (Phi) is 6.41. The molecule has 8 heteroatoms. The summed E-state index contributed by atoms with van der Waals surface area (Å²) in [7, 11) is 1.60. The number of pyridine rings is 1. The molecule has 0 aliphatic carbocycles. The van der Waals surface area contributed by atoms with Gasteiger partial charge >= 0.3 is 0 Å². The third-order valence-corrected chi connectivity index (χ3v) is 4.82. The van der Waals surface area contributed by atoms with E-state index in [2.05, 4.69) is 20.6 Å². The van der Waals surface area contributed by atoms with Crippen LogP contribution in [0.25, 0.3) is 16.9 Å². The van der Waals surface area contributed by atoms with Gasteiger partial charge in [-0.1, -0.05) is 23.4 Å². The van der Waals surface area contributed by atoms with Crippen molar-refractivity contribution in [3.05, 3.63) is 84.3 Å². The van der Waals surface area contributed by atoms with Crippen molar-refractivity contribution in [1.29, 1.82) is 0 Å². The molecule has 2 aromatic heterocycles. The monoisotopic (exact) mass is 429 g/mol. The fraction of sp³-hybridized carbons (Fsp3) is 0.167. The van der Waals surface area contributed by atoms with Crippen molar-refractivity contribution in [2.24, 2.45) is 0 Å². The maximum atomic E-state index is 13.1. The van der Waals surface area contributed by atoms with E-state index in [1.807, 2.05) is 67.6 Å². The van der Waals surface area contributed by atoms with Gasteiger partial charge < -0.3 is 14.8 Å². The summed E-state index contributed by atoms with van der Waals surface area (Å²) in [6.45, 7) is 2.90. The fourth-order valence-electron chi connectivity index (χ4n) is 3.26. The Morgan fingerprint density at radius 1 is 1.03 bits per heavy atom. The van der Waals surface area contributed by atoms with E-state index in [4.69, 9.17) is 9.47 Å².